The maximum atomic E-state index is 12.8. The average Bonchev–Trinajstić information content (AvgIpc) is 3.36. The summed E-state index contributed by atoms with van der Waals surface area (Å²) in [6.45, 7) is 2.15. The van der Waals surface area contributed by atoms with Crippen LogP contribution in [0, 0.1) is 0 Å². The van der Waals surface area contributed by atoms with Gasteiger partial charge in [-0.1, -0.05) is 12.1 Å². The van der Waals surface area contributed by atoms with Gasteiger partial charge >= 0.3 is 0 Å². The number of aromatic amines is 1. The maximum Gasteiger partial charge on any atom is 0.255 e. The minimum atomic E-state index is -0.582. The number of benzene rings is 1. The third-order valence-corrected chi connectivity index (χ3v) is 4.97. The first-order valence-electron chi connectivity index (χ1n) is 7.77. The predicted octanol–water partition coefficient (Wildman–Crippen LogP) is 2.52. The predicted molar refractivity (Wildman–Crippen MR) is 94.1 cm³/mol. The quantitative estimate of drug-likeness (QED) is 0.754. The summed E-state index contributed by atoms with van der Waals surface area (Å²) < 4.78 is 0. The van der Waals surface area contributed by atoms with Crippen LogP contribution in [0.4, 0.5) is 5.13 Å². The number of amides is 2. The van der Waals surface area contributed by atoms with Gasteiger partial charge in [-0.15, -0.1) is 11.3 Å². The Labute approximate surface area is 147 Å². The number of nitrogens with zero attached hydrogens (tertiary/aromatic N) is 3. The molecule has 4 rings (SSSR count). The molecule has 0 unspecified atom stereocenters. The summed E-state index contributed by atoms with van der Waals surface area (Å²) in [6.07, 6.45) is 5.12. The van der Waals surface area contributed by atoms with E-state index in [1.165, 1.54) is 11.3 Å². The summed E-state index contributed by atoms with van der Waals surface area (Å²) in [5, 5.41) is 11.8. The van der Waals surface area contributed by atoms with Gasteiger partial charge in [0.2, 0.25) is 5.91 Å². The fraction of sp³-hybridized carbons (Fsp3) is 0.176. The Morgan fingerprint density at radius 3 is 3.00 bits per heavy atom. The van der Waals surface area contributed by atoms with Crippen LogP contribution in [0.2, 0.25) is 0 Å². The van der Waals surface area contributed by atoms with E-state index in [-0.39, 0.29) is 11.8 Å². The standard InChI is InChI=1S/C17H15N5O2S/c1-10(15(23)21-17-18-4-5-25-17)22-9-12-3-2-11(6-14(12)16(22)24)13-7-19-20-8-13/h2-8,10H,9H2,1H3,(H,19,20)(H,18,21,23)/t10-/m1/s1. The van der Waals surface area contributed by atoms with Crippen molar-refractivity contribution >= 4 is 28.3 Å². The third kappa shape index (κ3) is 2.80. The summed E-state index contributed by atoms with van der Waals surface area (Å²) in [6, 6.07) is 5.16. The molecular formula is C17H15N5O2S. The summed E-state index contributed by atoms with van der Waals surface area (Å²) in [7, 11) is 0. The second-order valence-corrected chi connectivity index (χ2v) is 6.69. The van der Waals surface area contributed by atoms with Crippen molar-refractivity contribution in [1.82, 2.24) is 20.1 Å². The smallest absolute Gasteiger partial charge is 0.255 e. The van der Waals surface area contributed by atoms with Crippen molar-refractivity contribution in [2.75, 3.05) is 5.32 Å². The molecule has 1 aromatic carbocycles. The lowest BCUT2D eigenvalue weighted by atomic mass is 10.0. The molecule has 1 atom stereocenters. The maximum absolute atomic E-state index is 12.8. The molecule has 2 N–H and O–H groups in total. The lowest BCUT2D eigenvalue weighted by Gasteiger charge is -2.22. The van der Waals surface area contributed by atoms with Crippen LogP contribution in [0.5, 0.6) is 0 Å². The van der Waals surface area contributed by atoms with Crippen LogP contribution in [0.3, 0.4) is 0 Å². The zero-order chi connectivity index (χ0) is 17.4. The number of carbonyl (C=O) groups excluding carboxylic acids is 2. The van der Waals surface area contributed by atoms with Gasteiger partial charge in [0.1, 0.15) is 6.04 Å². The van der Waals surface area contributed by atoms with Gasteiger partial charge in [-0.05, 0) is 24.1 Å². The highest BCUT2D eigenvalue weighted by Crippen LogP contribution is 2.29. The molecule has 8 heteroatoms. The van der Waals surface area contributed by atoms with Gasteiger partial charge in [0, 0.05) is 35.4 Å². The molecule has 25 heavy (non-hydrogen) atoms. The topological polar surface area (TPSA) is 91.0 Å². The van der Waals surface area contributed by atoms with Crippen molar-refractivity contribution in [3.63, 3.8) is 0 Å². The largest absolute Gasteiger partial charge is 0.323 e. The van der Waals surface area contributed by atoms with Crippen LogP contribution in [0.1, 0.15) is 22.8 Å². The van der Waals surface area contributed by atoms with Gasteiger partial charge in [-0.2, -0.15) is 5.10 Å². The average molecular weight is 353 g/mol. The summed E-state index contributed by atoms with van der Waals surface area (Å²) in [5.41, 5.74) is 3.39. The molecule has 126 valence electrons. The first-order valence-corrected chi connectivity index (χ1v) is 8.65. The monoisotopic (exact) mass is 353 g/mol. The Morgan fingerprint density at radius 1 is 1.40 bits per heavy atom. The van der Waals surface area contributed by atoms with Gasteiger partial charge in [0.05, 0.1) is 6.20 Å². The van der Waals surface area contributed by atoms with Crippen LogP contribution in [-0.4, -0.2) is 37.9 Å². The molecule has 0 fully saturated rings. The molecule has 1 aliphatic rings. The molecule has 7 nitrogen and oxygen atoms in total. The van der Waals surface area contributed by atoms with Crippen molar-refractivity contribution < 1.29 is 9.59 Å². The molecule has 3 heterocycles. The van der Waals surface area contributed by atoms with Crippen molar-refractivity contribution in [3.8, 4) is 11.1 Å². The summed E-state index contributed by atoms with van der Waals surface area (Å²) in [4.78, 5) is 30.8. The van der Waals surface area contributed by atoms with Crippen LogP contribution < -0.4 is 5.32 Å². The number of rotatable bonds is 4. The van der Waals surface area contributed by atoms with Crippen molar-refractivity contribution in [2.45, 2.75) is 19.5 Å². The highest BCUT2D eigenvalue weighted by Gasteiger charge is 2.34. The second-order valence-electron chi connectivity index (χ2n) is 5.79. The Balaban J connectivity index is 1.54. The van der Waals surface area contributed by atoms with E-state index in [4.69, 9.17) is 0 Å². The SMILES string of the molecule is C[C@H](C(=O)Nc1nccs1)N1Cc2ccc(-c3cn[nH]c3)cc2C1=O. The first kappa shape index (κ1) is 15.5. The fourth-order valence-corrected chi connectivity index (χ4v) is 3.39. The number of hydrogen-bond acceptors (Lipinski definition) is 5. The van der Waals surface area contributed by atoms with Crippen molar-refractivity contribution in [2.24, 2.45) is 0 Å². The van der Waals surface area contributed by atoms with E-state index in [1.807, 2.05) is 18.2 Å². The number of aromatic nitrogens is 3. The summed E-state index contributed by atoms with van der Waals surface area (Å²) in [5.74, 6) is -0.381. The lowest BCUT2D eigenvalue weighted by molar-refractivity contribution is -0.120. The number of hydrogen-bond donors (Lipinski definition) is 2. The van der Waals surface area contributed by atoms with E-state index in [0.717, 1.165) is 16.7 Å². The normalized spacial score (nSPS) is 14.4. The van der Waals surface area contributed by atoms with Crippen molar-refractivity contribution in [1.29, 1.82) is 0 Å². The summed E-state index contributed by atoms with van der Waals surface area (Å²) >= 11 is 1.34. The van der Waals surface area contributed by atoms with Crippen molar-refractivity contribution in [3.05, 3.63) is 53.3 Å². The van der Waals surface area contributed by atoms with Gasteiger partial charge in [0.15, 0.2) is 5.13 Å². The van der Waals surface area contributed by atoms with Crippen LogP contribution in [-0.2, 0) is 11.3 Å². The van der Waals surface area contributed by atoms with E-state index in [2.05, 4.69) is 20.5 Å². The van der Waals surface area contributed by atoms with Gasteiger partial charge in [-0.3, -0.25) is 14.7 Å². The lowest BCUT2D eigenvalue weighted by Crippen LogP contribution is -2.42. The highest BCUT2D eigenvalue weighted by molar-refractivity contribution is 7.13. The molecule has 0 saturated carbocycles. The minimum Gasteiger partial charge on any atom is -0.323 e. The van der Waals surface area contributed by atoms with E-state index in [1.54, 1.807) is 35.8 Å². The van der Waals surface area contributed by atoms with E-state index < -0.39 is 6.04 Å². The fourth-order valence-electron chi connectivity index (χ4n) is 2.86. The number of anilines is 1. The third-order valence-electron chi connectivity index (χ3n) is 4.28. The molecule has 0 radical (unpaired) electrons. The Morgan fingerprint density at radius 2 is 2.28 bits per heavy atom. The molecule has 0 spiro atoms. The first-order chi connectivity index (χ1) is 12.1. The molecule has 1 aliphatic heterocycles. The molecular weight excluding hydrogens is 338 g/mol. The number of H-pyrrole nitrogens is 1. The van der Waals surface area contributed by atoms with Gasteiger partial charge in [-0.25, -0.2) is 4.98 Å². The van der Waals surface area contributed by atoms with Crippen LogP contribution >= 0.6 is 11.3 Å². The van der Waals surface area contributed by atoms with Crippen LogP contribution in [0.25, 0.3) is 11.1 Å². The zero-order valence-corrected chi connectivity index (χ0v) is 14.2. The second kappa shape index (κ2) is 6.14. The number of thiazole rings is 1. The molecule has 0 aliphatic carbocycles. The Bertz CT molecular complexity index is 921. The molecule has 2 aromatic heterocycles. The Hall–Kier alpha value is -3.00. The van der Waals surface area contributed by atoms with Crippen LogP contribution in [0.15, 0.2) is 42.2 Å². The zero-order valence-electron chi connectivity index (χ0n) is 13.4. The highest BCUT2D eigenvalue weighted by atomic mass is 32.1. The molecule has 2 amide bonds. The molecule has 0 bridgehead atoms. The van der Waals surface area contributed by atoms with E-state index in [0.29, 0.717) is 17.2 Å². The van der Waals surface area contributed by atoms with Gasteiger partial charge in [0.25, 0.3) is 5.91 Å². The van der Waals surface area contributed by atoms with E-state index in [9.17, 15) is 9.59 Å². The number of nitrogens with one attached hydrogen (secondary N) is 2. The van der Waals surface area contributed by atoms with Gasteiger partial charge < -0.3 is 10.2 Å². The minimum absolute atomic E-state index is 0.137. The molecule has 3 aromatic rings. The molecule has 0 saturated heterocycles. The Kier molecular flexibility index (Phi) is 3.81. The van der Waals surface area contributed by atoms with E-state index >= 15 is 0 Å². The number of carbonyl (C=O) groups is 2. The number of fused-ring (bicyclic) bond motifs is 1.